The number of nitrogens with two attached hydrogens (primary N) is 1. The zero-order valence-corrected chi connectivity index (χ0v) is 12.0. The van der Waals surface area contributed by atoms with Crippen molar-refractivity contribution >= 4 is 11.6 Å². The first-order valence-corrected chi connectivity index (χ1v) is 6.54. The molecule has 0 unspecified atom stereocenters. The number of aryl methyl sites for hydroxylation is 3. The van der Waals surface area contributed by atoms with Crippen molar-refractivity contribution in [2.45, 2.75) is 26.8 Å². The fourth-order valence-corrected chi connectivity index (χ4v) is 2.14. The molecule has 6 nitrogen and oxygen atoms in total. The maximum Gasteiger partial charge on any atom is 0.272 e. The number of nitrogen functional groups attached to an aromatic ring is 1. The van der Waals surface area contributed by atoms with Crippen molar-refractivity contribution in [2.24, 2.45) is 7.05 Å². The quantitative estimate of drug-likeness (QED) is 0.876. The van der Waals surface area contributed by atoms with Crippen LogP contribution < -0.4 is 11.1 Å². The van der Waals surface area contributed by atoms with Crippen LogP contribution in [0.25, 0.3) is 0 Å². The van der Waals surface area contributed by atoms with E-state index in [2.05, 4.69) is 22.3 Å². The van der Waals surface area contributed by atoms with E-state index in [1.54, 1.807) is 20.2 Å². The summed E-state index contributed by atoms with van der Waals surface area (Å²) in [5.74, 6) is -0.238. The lowest BCUT2D eigenvalue weighted by molar-refractivity contribution is 0.0942. The number of rotatable bonds is 4. The second kappa shape index (κ2) is 5.73. The molecule has 0 radical (unpaired) electrons. The summed E-state index contributed by atoms with van der Waals surface area (Å²) in [5.41, 5.74) is 9.33. The third-order valence-electron chi connectivity index (χ3n) is 3.27. The monoisotopic (exact) mass is 273 g/mol. The standard InChI is InChI=1S/C14H19N5O/c1-4-10-6-5-7-16-11(10)8-17-14(20)13-12(15)9(2)18-19(13)3/h5-7H,4,8,15H2,1-3H3,(H,17,20). The number of aromatic nitrogens is 3. The molecule has 106 valence electrons. The zero-order valence-electron chi connectivity index (χ0n) is 12.0. The molecule has 1 amide bonds. The van der Waals surface area contributed by atoms with E-state index in [0.29, 0.717) is 23.6 Å². The van der Waals surface area contributed by atoms with Crippen LogP contribution in [0.15, 0.2) is 18.3 Å². The van der Waals surface area contributed by atoms with Crippen molar-refractivity contribution in [3.05, 3.63) is 41.0 Å². The van der Waals surface area contributed by atoms with Crippen molar-refractivity contribution in [3.8, 4) is 0 Å². The number of pyridine rings is 1. The molecule has 0 bridgehead atoms. The number of carbonyl (C=O) groups is 1. The van der Waals surface area contributed by atoms with E-state index in [1.807, 2.05) is 12.1 Å². The van der Waals surface area contributed by atoms with E-state index in [0.717, 1.165) is 17.7 Å². The molecule has 0 fully saturated rings. The highest BCUT2D eigenvalue weighted by atomic mass is 16.2. The number of carbonyl (C=O) groups excluding carboxylic acids is 1. The number of hydrogen-bond acceptors (Lipinski definition) is 4. The first kappa shape index (κ1) is 14.0. The van der Waals surface area contributed by atoms with Gasteiger partial charge < -0.3 is 11.1 Å². The van der Waals surface area contributed by atoms with Gasteiger partial charge in [0.05, 0.1) is 23.6 Å². The van der Waals surface area contributed by atoms with Gasteiger partial charge in [0.2, 0.25) is 0 Å². The third-order valence-corrected chi connectivity index (χ3v) is 3.27. The topological polar surface area (TPSA) is 85.8 Å². The number of nitrogens with zero attached hydrogens (tertiary/aromatic N) is 3. The normalized spacial score (nSPS) is 10.6. The summed E-state index contributed by atoms with van der Waals surface area (Å²) >= 11 is 0. The lowest BCUT2D eigenvalue weighted by Gasteiger charge is -2.09. The maximum atomic E-state index is 12.2. The Morgan fingerprint density at radius 1 is 1.50 bits per heavy atom. The Labute approximate surface area is 118 Å². The van der Waals surface area contributed by atoms with Gasteiger partial charge >= 0.3 is 0 Å². The number of amides is 1. The summed E-state index contributed by atoms with van der Waals surface area (Å²) in [6, 6.07) is 3.91. The van der Waals surface area contributed by atoms with E-state index in [4.69, 9.17) is 5.73 Å². The molecule has 0 saturated heterocycles. The Morgan fingerprint density at radius 2 is 2.25 bits per heavy atom. The Morgan fingerprint density at radius 3 is 2.85 bits per heavy atom. The minimum absolute atomic E-state index is 0.238. The molecule has 3 N–H and O–H groups in total. The van der Waals surface area contributed by atoms with E-state index >= 15 is 0 Å². The molecule has 0 aliphatic carbocycles. The van der Waals surface area contributed by atoms with Crippen LogP contribution in [0.3, 0.4) is 0 Å². The highest BCUT2D eigenvalue weighted by Gasteiger charge is 2.17. The molecular weight excluding hydrogens is 254 g/mol. The summed E-state index contributed by atoms with van der Waals surface area (Å²) in [6.45, 7) is 4.22. The SMILES string of the molecule is CCc1cccnc1CNC(=O)c1c(N)c(C)nn1C. The predicted octanol–water partition coefficient (Wildman–Crippen LogP) is 1.20. The lowest BCUT2D eigenvalue weighted by Crippen LogP contribution is -2.27. The molecule has 0 saturated carbocycles. The van der Waals surface area contributed by atoms with Gasteiger partial charge in [-0.1, -0.05) is 13.0 Å². The summed E-state index contributed by atoms with van der Waals surface area (Å²) in [6.07, 6.45) is 2.61. The molecule has 0 aliphatic heterocycles. The van der Waals surface area contributed by atoms with Gasteiger partial charge in [0.25, 0.3) is 5.91 Å². The molecule has 20 heavy (non-hydrogen) atoms. The molecule has 0 atom stereocenters. The molecule has 2 heterocycles. The highest BCUT2D eigenvalue weighted by Crippen LogP contribution is 2.15. The van der Waals surface area contributed by atoms with Crippen molar-refractivity contribution in [1.29, 1.82) is 0 Å². The van der Waals surface area contributed by atoms with Crippen molar-refractivity contribution in [3.63, 3.8) is 0 Å². The second-order valence-corrected chi connectivity index (χ2v) is 4.62. The van der Waals surface area contributed by atoms with Crippen molar-refractivity contribution < 1.29 is 4.79 Å². The predicted molar refractivity (Wildman–Crippen MR) is 77.1 cm³/mol. The Kier molecular flexibility index (Phi) is 4.02. The van der Waals surface area contributed by atoms with Gasteiger partial charge in [-0.3, -0.25) is 14.5 Å². The first-order chi connectivity index (χ1) is 9.54. The number of anilines is 1. The lowest BCUT2D eigenvalue weighted by atomic mass is 10.1. The molecule has 2 rings (SSSR count). The Bertz CT molecular complexity index is 632. The van der Waals surface area contributed by atoms with Gasteiger partial charge in [-0.2, -0.15) is 5.10 Å². The van der Waals surface area contributed by atoms with Gasteiger partial charge in [-0.25, -0.2) is 0 Å². The van der Waals surface area contributed by atoms with Crippen LogP contribution in [0.5, 0.6) is 0 Å². The summed E-state index contributed by atoms with van der Waals surface area (Å²) in [7, 11) is 1.70. The molecule has 0 aromatic carbocycles. The number of hydrogen-bond donors (Lipinski definition) is 2. The van der Waals surface area contributed by atoms with Crippen molar-refractivity contribution in [2.75, 3.05) is 5.73 Å². The first-order valence-electron chi connectivity index (χ1n) is 6.54. The van der Waals surface area contributed by atoms with Gasteiger partial charge in [-0.05, 0) is 25.0 Å². The Balaban J connectivity index is 2.13. The van der Waals surface area contributed by atoms with Crippen LogP contribution in [-0.2, 0) is 20.0 Å². The fourth-order valence-electron chi connectivity index (χ4n) is 2.14. The summed E-state index contributed by atoms with van der Waals surface area (Å²) < 4.78 is 1.50. The summed E-state index contributed by atoms with van der Waals surface area (Å²) in [5, 5.41) is 6.98. The van der Waals surface area contributed by atoms with Gasteiger partial charge in [0.1, 0.15) is 5.69 Å². The van der Waals surface area contributed by atoms with E-state index in [-0.39, 0.29) is 5.91 Å². The average Bonchev–Trinajstić information content (AvgIpc) is 2.70. The Hall–Kier alpha value is -2.37. The van der Waals surface area contributed by atoms with Gasteiger partial charge in [0.15, 0.2) is 0 Å². The molecule has 6 heteroatoms. The third kappa shape index (κ3) is 2.64. The van der Waals surface area contributed by atoms with Gasteiger partial charge in [-0.15, -0.1) is 0 Å². The van der Waals surface area contributed by atoms with Crippen molar-refractivity contribution in [1.82, 2.24) is 20.1 Å². The van der Waals surface area contributed by atoms with Crippen LogP contribution >= 0.6 is 0 Å². The van der Waals surface area contributed by atoms with E-state index in [1.165, 1.54) is 4.68 Å². The zero-order chi connectivity index (χ0) is 14.7. The average molecular weight is 273 g/mol. The van der Waals surface area contributed by atoms with E-state index < -0.39 is 0 Å². The highest BCUT2D eigenvalue weighted by molar-refractivity contribution is 5.97. The van der Waals surface area contributed by atoms with Gasteiger partial charge in [0, 0.05) is 13.2 Å². The van der Waals surface area contributed by atoms with Crippen LogP contribution in [-0.4, -0.2) is 20.7 Å². The molecule has 0 spiro atoms. The smallest absolute Gasteiger partial charge is 0.272 e. The molecule has 2 aromatic heterocycles. The maximum absolute atomic E-state index is 12.2. The van der Waals surface area contributed by atoms with Crippen LogP contribution in [0.1, 0.15) is 34.4 Å². The fraction of sp³-hybridized carbons (Fsp3) is 0.357. The largest absolute Gasteiger partial charge is 0.395 e. The molecule has 0 aliphatic rings. The second-order valence-electron chi connectivity index (χ2n) is 4.62. The number of nitrogens with one attached hydrogen (secondary N) is 1. The molecule has 2 aromatic rings. The van der Waals surface area contributed by atoms with Crippen LogP contribution in [0, 0.1) is 6.92 Å². The molecular formula is C14H19N5O. The van der Waals surface area contributed by atoms with Crippen LogP contribution in [0.4, 0.5) is 5.69 Å². The van der Waals surface area contributed by atoms with E-state index in [9.17, 15) is 4.79 Å². The van der Waals surface area contributed by atoms with Crippen LogP contribution in [0.2, 0.25) is 0 Å². The summed E-state index contributed by atoms with van der Waals surface area (Å²) in [4.78, 5) is 16.5. The minimum Gasteiger partial charge on any atom is -0.395 e. The minimum atomic E-state index is -0.238.